The zero-order valence-electron chi connectivity index (χ0n) is 31.3. The molecular weight excluding hydrogens is 757 g/mol. The normalized spacial score (nSPS) is 19.0. The number of nitrogens with two attached hydrogens (primary N) is 1. The average Bonchev–Trinajstić information content (AvgIpc) is 3.62. The molecule has 2 amide bonds. The third-order valence-corrected chi connectivity index (χ3v) is 11.2. The Morgan fingerprint density at radius 1 is 0.877 bits per heavy atom. The molecule has 57 heavy (non-hydrogen) atoms. The van der Waals surface area contributed by atoms with Gasteiger partial charge in [-0.2, -0.15) is 30.7 Å². The quantitative estimate of drug-likeness (QED) is 0.0873. The summed E-state index contributed by atoms with van der Waals surface area (Å²) in [6.07, 6.45) is -1.84. The van der Waals surface area contributed by atoms with Crippen molar-refractivity contribution in [2.45, 2.75) is 82.4 Å². The van der Waals surface area contributed by atoms with E-state index in [1.54, 1.807) is 6.07 Å². The summed E-state index contributed by atoms with van der Waals surface area (Å²) in [5, 5.41) is 9.04. The Balaban J connectivity index is 1.18. The number of rotatable bonds is 13. The summed E-state index contributed by atoms with van der Waals surface area (Å²) >= 11 is 0. The van der Waals surface area contributed by atoms with E-state index in [-0.39, 0.29) is 53.2 Å². The van der Waals surface area contributed by atoms with E-state index in [2.05, 4.69) is 20.9 Å². The molecule has 4 aromatic rings. The molecule has 3 aromatic carbocycles. The first-order valence-corrected chi connectivity index (χ1v) is 19.0. The molecule has 2 heterocycles. The zero-order valence-corrected chi connectivity index (χ0v) is 31.3. The van der Waals surface area contributed by atoms with Gasteiger partial charge in [0, 0.05) is 35.5 Å². The lowest BCUT2D eigenvalue weighted by Gasteiger charge is -2.27. The van der Waals surface area contributed by atoms with Gasteiger partial charge in [-0.3, -0.25) is 14.4 Å². The number of carbonyl (C=O) groups excluding carboxylic acids is 3. The molecule has 2 aliphatic rings. The van der Waals surface area contributed by atoms with Crippen molar-refractivity contribution in [1.29, 1.82) is 0 Å². The van der Waals surface area contributed by atoms with Gasteiger partial charge in [-0.15, -0.1) is 0 Å². The minimum atomic E-state index is -6.54. The lowest BCUT2D eigenvalue weighted by Crippen LogP contribution is -2.50. The zero-order chi connectivity index (χ0) is 41.1. The number of aryl methyl sites for hydroxylation is 1. The number of aromatic nitrogens is 2. The highest BCUT2D eigenvalue weighted by atomic mass is 19.4. The number of hydrogen-bond acceptors (Lipinski definition) is 6. The predicted molar refractivity (Wildman–Crippen MR) is 201 cm³/mol. The van der Waals surface area contributed by atoms with Crippen molar-refractivity contribution < 1.29 is 45.1 Å². The van der Waals surface area contributed by atoms with Gasteiger partial charge in [-0.1, -0.05) is 30.3 Å². The number of nitrogens with one attached hydrogen (secondary N) is 4. The van der Waals surface area contributed by atoms with E-state index in [1.807, 2.05) is 48.3 Å². The van der Waals surface area contributed by atoms with Crippen LogP contribution in [-0.2, 0) is 21.9 Å². The van der Waals surface area contributed by atoms with Crippen LogP contribution < -0.4 is 21.7 Å². The number of anilines is 1. The van der Waals surface area contributed by atoms with Crippen molar-refractivity contribution >= 4 is 34.3 Å². The Morgan fingerprint density at radius 2 is 1.56 bits per heavy atom. The van der Waals surface area contributed by atoms with Crippen molar-refractivity contribution in [3.05, 3.63) is 83.2 Å². The van der Waals surface area contributed by atoms with Gasteiger partial charge in [0.25, 0.3) is 5.91 Å². The Hall–Kier alpha value is -4.83. The molecule has 0 bridgehead atoms. The van der Waals surface area contributed by atoms with Gasteiger partial charge in [0.15, 0.2) is 5.82 Å². The number of hydrogen-bond donors (Lipinski definition) is 5. The summed E-state index contributed by atoms with van der Waals surface area (Å²) in [5.41, 5.74) is 9.20. The van der Waals surface area contributed by atoms with Gasteiger partial charge in [-0.05, 0) is 130 Å². The maximum Gasteiger partial charge on any atom is 0.460 e. The van der Waals surface area contributed by atoms with Crippen LogP contribution in [0.4, 0.5) is 36.4 Å². The number of halogens is 7. The number of ketones is 1. The first kappa shape index (κ1) is 41.8. The lowest BCUT2D eigenvalue weighted by atomic mass is 9.77. The van der Waals surface area contributed by atoms with Gasteiger partial charge in [-0.25, -0.2) is 4.98 Å². The largest absolute Gasteiger partial charge is 0.460 e. The molecule has 6 rings (SSSR count). The minimum Gasteiger partial charge on any atom is -0.349 e. The number of fused-ring (bicyclic) bond motifs is 1. The minimum absolute atomic E-state index is 0.0215. The highest BCUT2D eigenvalue weighted by Crippen LogP contribution is 2.51. The summed E-state index contributed by atoms with van der Waals surface area (Å²) in [6.45, 7) is 4.17. The summed E-state index contributed by atoms with van der Waals surface area (Å²) in [6, 6.07) is 16.5. The van der Waals surface area contributed by atoms with Crippen LogP contribution in [0.2, 0.25) is 0 Å². The van der Waals surface area contributed by atoms with Crippen molar-refractivity contribution in [3.8, 4) is 11.1 Å². The van der Waals surface area contributed by atoms with Crippen LogP contribution in [0.15, 0.2) is 60.7 Å². The molecule has 1 aliphatic heterocycles. The smallest absolute Gasteiger partial charge is 0.349 e. The van der Waals surface area contributed by atoms with Crippen molar-refractivity contribution in [2.75, 3.05) is 25.0 Å². The van der Waals surface area contributed by atoms with E-state index in [4.69, 9.17) is 5.73 Å². The van der Waals surface area contributed by atoms with Crippen LogP contribution in [0.25, 0.3) is 22.2 Å². The number of alkyl halides is 7. The van der Waals surface area contributed by atoms with Crippen LogP contribution in [0, 0.1) is 24.7 Å². The molecule has 1 saturated heterocycles. The van der Waals surface area contributed by atoms with Crippen molar-refractivity contribution in [2.24, 2.45) is 23.5 Å². The van der Waals surface area contributed by atoms with Gasteiger partial charge in [0.2, 0.25) is 5.91 Å². The molecule has 16 heteroatoms. The van der Waals surface area contributed by atoms with E-state index in [0.717, 1.165) is 73.2 Å². The number of carbonyl (C=O) groups is 3. The highest BCUT2D eigenvalue weighted by molar-refractivity contribution is 5.97. The third kappa shape index (κ3) is 9.33. The van der Waals surface area contributed by atoms with E-state index < -0.39 is 35.7 Å². The fourth-order valence-electron chi connectivity index (χ4n) is 7.66. The summed E-state index contributed by atoms with van der Waals surface area (Å²) in [7, 11) is 0. The molecule has 0 unspecified atom stereocenters. The number of aromatic amines is 1. The Kier molecular flexibility index (Phi) is 12.4. The maximum atomic E-state index is 14.4. The van der Waals surface area contributed by atoms with Crippen LogP contribution in [-0.4, -0.2) is 65.3 Å². The van der Waals surface area contributed by atoms with Gasteiger partial charge in [0.1, 0.15) is 5.78 Å². The maximum absolute atomic E-state index is 14.4. The van der Waals surface area contributed by atoms with E-state index in [1.165, 1.54) is 6.07 Å². The monoisotopic (exact) mass is 802 g/mol. The average molecular weight is 803 g/mol. The van der Waals surface area contributed by atoms with Crippen LogP contribution in [0.3, 0.4) is 0 Å². The second-order valence-corrected chi connectivity index (χ2v) is 15.2. The first-order valence-electron chi connectivity index (χ1n) is 19.0. The molecule has 1 aromatic heterocycles. The summed E-state index contributed by atoms with van der Waals surface area (Å²) < 4.78 is 94.6. The SMILES string of the molecule is Cc1cc(C(=O)NC2CCNCC2)ccc1-c1ccc(C[C@H](CC(=O)C2CCC(CN)CC2)C(=O)Nc2ccc3nc(C(F)(F)C(F)(F)C(F)(F)F)[nH]c3c2)cc1. The molecule has 9 nitrogen and oxygen atoms in total. The van der Waals surface area contributed by atoms with Gasteiger partial charge in [0.05, 0.1) is 11.0 Å². The highest BCUT2D eigenvalue weighted by Gasteiger charge is 2.75. The molecule has 1 aliphatic carbocycles. The Labute approximate surface area is 324 Å². The molecule has 6 N–H and O–H groups in total. The number of Topliss-reactive ketones (excluding diaryl/α,β-unsaturated/α-hetero) is 1. The second-order valence-electron chi connectivity index (χ2n) is 15.2. The van der Waals surface area contributed by atoms with Crippen LogP contribution >= 0.6 is 0 Å². The number of nitrogens with zero attached hydrogens (tertiary/aromatic N) is 1. The molecule has 0 radical (unpaired) electrons. The second kappa shape index (κ2) is 16.9. The third-order valence-electron chi connectivity index (χ3n) is 11.2. The number of imidazole rings is 1. The van der Waals surface area contributed by atoms with E-state index in [9.17, 15) is 45.1 Å². The molecule has 1 saturated carbocycles. The number of H-pyrrole nitrogens is 1. The standard InChI is InChI=1S/C41H45F7N6O3/c1-23-18-28(36(56)51-30-14-16-50-17-15-30)10-12-32(23)26-6-2-24(3-7-26)19-29(20-35(55)27-8-4-25(22-49)5-9-27)37(57)52-31-11-13-33-34(21-31)54-38(53-33)39(42,43)40(44,45)41(46,47)48/h2-3,6-7,10-13,18,21,25,27,29-30,50H,4-5,8-9,14-17,19-20,22,49H2,1H3,(H,51,56)(H,52,57)(H,53,54)/t25?,27?,29-/m1/s1. The summed E-state index contributed by atoms with van der Waals surface area (Å²) in [4.78, 5) is 45.4. The van der Waals surface area contributed by atoms with Crippen LogP contribution in [0.5, 0.6) is 0 Å². The van der Waals surface area contributed by atoms with Crippen LogP contribution in [0.1, 0.15) is 72.3 Å². The van der Waals surface area contributed by atoms with Crippen molar-refractivity contribution in [1.82, 2.24) is 20.6 Å². The lowest BCUT2D eigenvalue weighted by molar-refractivity contribution is -0.361. The number of amides is 2. The molecule has 2 fully saturated rings. The van der Waals surface area contributed by atoms with Gasteiger partial charge < -0.3 is 26.7 Å². The number of benzene rings is 3. The molecule has 0 spiro atoms. The predicted octanol–water partition coefficient (Wildman–Crippen LogP) is 7.83. The fraction of sp³-hybridized carbons (Fsp3) is 0.463. The molecule has 306 valence electrons. The Bertz CT molecular complexity index is 2070. The fourth-order valence-corrected chi connectivity index (χ4v) is 7.66. The van der Waals surface area contributed by atoms with E-state index >= 15 is 0 Å². The number of piperidine rings is 1. The Morgan fingerprint density at radius 3 is 2.19 bits per heavy atom. The first-order chi connectivity index (χ1) is 27.0. The van der Waals surface area contributed by atoms with Crippen molar-refractivity contribution in [3.63, 3.8) is 0 Å². The van der Waals surface area contributed by atoms with E-state index in [0.29, 0.717) is 30.9 Å². The topological polar surface area (TPSA) is 142 Å². The van der Waals surface area contributed by atoms with Gasteiger partial charge >= 0.3 is 18.0 Å². The molecule has 1 atom stereocenters. The molecular formula is C41H45F7N6O3. The summed E-state index contributed by atoms with van der Waals surface area (Å²) in [5.74, 6) is -15.6.